The molecule has 0 fully saturated rings. The number of carbonyl (C=O) groups excluding carboxylic acids is 4. The van der Waals surface area contributed by atoms with Gasteiger partial charge in [-0.05, 0) is 214 Å². The number of nitro groups is 1. The van der Waals surface area contributed by atoms with Crippen molar-refractivity contribution in [3.05, 3.63) is 329 Å². The molecule has 4 heterocycles. The van der Waals surface area contributed by atoms with Crippen LogP contribution in [0.5, 0.6) is 0 Å². The number of thioether (sulfide) groups is 1. The second-order valence-corrected chi connectivity index (χ2v) is 32.2. The summed E-state index contributed by atoms with van der Waals surface area (Å²) in [7, 11) is 0. The normalized spacial score (nSPS) is 9.52. The van der Waals surface area contributed by atoms with Crippen LogP contribution in [-0.4, -0.2) is 136 Å². The van der Waals surface area contributed by atoms with Crippen LogP contribution in [0.2, 0.25) is 15.1 Å². The van der Waals surface area contributed by atoms with Gasteiger partial charge in [-0.3, -0.25) is 59.3 Å². The number of hydrogen-bond donors (Lipinski definition) is 12. The van der Waals surface area contributed by atoms with E-state index in [0.29, 0.717) is 66.7 Å². The van der Waals surface area contributed by atoms with Gasteiger partial charge in [-0.25, -0.2) is 10.8 Å². The Morgan fingerprint density at radius 3 is 1.41 bits per heavy atom. The molecule has 0 radical (unpaired) electrons. The van der Waals surface area contributed by atoms with E-state index in [1.807, 2.05) is 128 Å². The number of nitrogens with two attached hydrogens (primary N) is 5. The van der Waals surface area contributed by atoms with Crippen molar-refractivity contribution in [1.82, 2.24) is 50.3 Å². The number of alkyl halides is 4. The average Bonchev–Trinajstić information content (AvgIpc) is 1.73. The third kappa shape index (κ3) is 52.8. The maximum Gasteiger partial charge on any atom is 1.00 e. The quantitative estimate of drug-likeness (QED) is 0.00384. The molecule has 17 N–H and O–H groups in total. The van der Waals surface area contributed by atoms with Crippen LogP contribution >= 0.6 is 154 Å². The molecule has 0 aliphatic heterocycles. The Morgan fingerprint density at radius 1 is 0.573 bits per heavy atom. The zero-order chi connectivity index (χ0) is 105. The van der Waals surface area contributed by atoms with Crippen LogP contribution in [0.15, 0.2) is 265 Å². The summed E-state index contributed by atoms with van der Waals surface area (Å²) >= 11 is 57.2. The van der Waals surface area contributed by atoms with Gasteiger partial charge < -0.3 is 65.2 Å². The first-order valence-electron chi connectivity index (χ1n) is 40.7. The molecular formula is C94H106Cl9K2N21O13S4. The van der Waals surface area contributed by atoms with E-state index in [1.165, 1.54) is 61.4 Å². The van der Waals surface area contributed by atoms with E-state index in [2.05, 4.69) is 209 Å². The minimum atomic E-state index is -1.50. The Balaban J connectivity index is -0.000000770. The van der Waals surface area contributed by atoms with Crippen LogP contribution in [-0.2, 0) is 33.5 Å². The minimum absolute atomic E-state index is 0. The Hall–Kier alpha value is -9.73. The summed E-state index contributed by atoms with van der Waals surface area (Å²) in [4.78, 5) is 70.8. The molecule has 4 aromatic heterocycles. The van der Waals surface area contributed by atoms with Gasteiger partial charge in [0.2, 0.25) is 23.0 Å². The number of benzene rings is 11. The number of aromatic nitrogens is 8. The fourth-order valence-electron chi connectivity index (χ4n) is 11.3. The molecule has 0 bridgehead atoms. The Kier molecular flexibility index (Phi) is 73.5. The number of thiocarbonyl (C=S) groups is 2. The number of amides is 2. The van der Waals surface area contributed by atoms with E-state index in [-0.39, 0.29) is 181 Å². The molecule has 49 heteroatoms. The molecule has 0 saturated carbocycles. The van der Waals surface area contributed by atoms with Gasteiger partial charge in [-0.1, -0.05) is 216 Å². The molecule has 0 atom stereocenters. The zero-order valence-electron chi connectivity index (χ0n) is 80.3. The van der Waals surface area contributed by atoms with Crippen LogP contribution in [0.1, 0.15) is 64.5 Å². The summed E-state index contributed by atoms with van der Waals surface area (Å²) in [6, 6.07) is 77.7. The molecule has 2 amide bonds. The predicted octanol–water partition coefficient (Wildman–Crippen LogP) is 16.2. The minimum Gasteiger partial charge on any atom is -1.00 e. The monoisotopic (exact) mass is 2260 g/mol. The number of pyridine rings is 2. The van der Waals surface area contributed by atoms with Crippen molar-refractivity contribution in [2.75, 3.05) is 58.2 Å². The first-order valence-corrected chi connectivity index (χ1v) is 46.5. The van der Waals surface area contributed by atoms with Crippen molar-refractivity contribution in [2.45, 2.75) is 74.4 Å². The van der Waals surface area contributed by atoms with Crippen molar-refractivity contribution in [3.63, 3.8) is 0 Å². The number of anilines is 4. The Bertz CT molecular complexity index is 6510. The molecule has 34 nitrogen and oxygen atoms in total. The van der Waals surface area contributed by atoms with Crippen molar-refractivity contribution < 1.29 is 160 Å². The largest absolute Gasteiger partial charge is 1.00 e. The molecule has 0 unspecified atom stereocenters. The molecule has 11 aromatic carbocycles. The second-order valence-electron chi connectivity index (χ2n) is 27.0. The van der Waals surface area contributed by atoms with E-state index in [9.17, 15) is 24.5 Å². The number of non-ortho nitro benzene ring substituents is 1. The van der Waals surface area contributed by atoms with Crippen LogP contribution in [0.4, 0.5) is 28.4 Å². The number of aromatic amines is 1. The number of ether oxygens (including phenoxy) is 2. The number of halogens is 9. The number of nitrogens with one attached hydrogen (secondary N) is 6. The molecule has 754 valence electrons. The maximum atomic E-state index is 12.4. The molecular weight excluding hydrogens is 2160 g/mol. The summed E-state index contributed by atoms with van der Waals surface area (Å²) in [5.74, 6) is 6.74. The standard InChI is InChI=1S/C22H19ClN4OS.C14H13N3S.C11H10.C10H8N2O2.C9H8N2.C8H7Cl2NO.C6H6ClN.C5H11N3OS.C4H9NO.C2H2Cl2O.CH2Cl2.CH5N3S.CH2O3.ClH.2K.HNO3.H2.H/c1-14-11-12-20(17-8-4-3-7-16(14)17)27-15(2)25-26-22(27)29-13-21(28)24-19-10-6-5-9-18(19)23;1-9-7-8-13(12-6-4-3-5-11(9)12)17-10(2)15-16-14(17)18;1-9-5-4-7-10-6-2-3-8-11(9)10;1-7-4-5-9(12(13)14)10-8(7)3-2-6-11-10;10-8-5-1-3-7-4-2-6-11-9(7)8;9-5-8(12)11-7-4-2-1-3-6(7)10;7-5-3-1-2-4-6(5)8;1-3-9-4(2)7-8-5(6)10;1-3-6-4(2)5;3-1-2(4)5;2-1-3;2-1(5)4-3;2-1-4-3;;;;2-1(3)4;;/h3-12H,13H2,1-2H3,(H,24,28);3-8H,1-2H3,(H,16,18);2-8H,1H3;2-6H,1H3;1-6H,10H2;1-4H,5H2,(H,11,12);1-4H,8H2;3H2,1-2H3,(H3,6,8,10);5H,3H2,1-2H3;1H2;1H2;3H2,(H3,2,4,5);1,3H;1H;;;(H,2,3,4);1H;/q;;;;;;;;;;;;;;2*+1;;;-1/p-1/b;;;;;;;7-4-;;;;;;;;;;;. The number of H-pyrrole nitrogens is 1. The number of hydrazone groups is 1. The number of nitrogen functional groups attached to an aromatic ring is 2. The van der Waals surface area contributed by atoms with E-state index in [0.717, 1.165) is 55.9 Å². The topological polar surface area (TPSA) is 530 Å². The SMILES string of the molecule is CCO/C(C)=N\NC(N)=S.CCOC(C)=N.Cc1ccc(-n2c(C)n[nH]c2=S)c2ccccc12.Cc1ccc(-n2c(C)nnc2SCC(=O)Nc2ccccc2Cl)c2ccccc12.Cc1ccc([N+](=O)[O-])c2ncccc12.Cc1cccc2ccccc12.Cl.ClCCl.NNC(N)=S.Nc1cccc2cccnc12.Nc1ccccc1Cl.O=C(CCl)Nc1ccccc1Cl.O=C(Cl)CCl.O=CO[O-].O=[N+]([O-])O.[H-].[HH].[K+].[K+]. The summed E-state index contributed by atoms with van der Waals surface area (Å²) < 4.78 is 14.2. The van der Waals surface area contributed by atoms with Crippen LogP contribution in [0, 0.1) is 72.0 Å². The molecule has 0 aliphatic carbocycles. The zero-order valence-corrected chi connectivity index (χ0v) is 95.7. The molecule has 15 rings (SSSR count). The molecule has 0 saturated heterocycles. The Labute approximate surface area is 980 Å². The van der Waals surface area contributed by atoms with E-state index >= 15 is 0 Å². The van der Waals surface area contributed by atoms with Crippen molar-refractivity contribution in [3.8, 4) is 11.4 Å². The van der Waals surface area contributed by atoms with Crippen molar-refractivity contribution in [1.29, 1.82) is 5.41 Å². The van der Waals surface area contributed by atoms with Gasteiger partial charge in [0.05, 0.1) is 89.8 Å². The van der Waals surface area contributed by atoms with Gasteiger partial charge in [0.15, 0.2) is 26.1 Å². The van der Waals surface area contributed by atoms with Crippen LogP contribution in [0.25, 0.3) is 65.5 Å². The van der Waals surface area contributed by atoms with Crippen molar-refractivity contribution >= 4 is 282 Å². The van der Waals surface area contributed by atoms with Gasteiger partial charge in [0.1, 0.15) is 23.0 Å². The molecule has 0 spiro atoms. The fourth-order valence-corrected chi connectivity index (χ4v) is 13.0. The van der Waals surface area contributed by atoms with Crippen LogP contribution in [0.3, 0.4) is 0 Å². The van der Waals surface area contributed by atoms with Crippen molar-refractivity contribution in [2.24, 2.45) is 22.4 Å². The van der Waals surface area contributed by atoms with Gasteiger partial charge in [-0.2, -0.15) is 5.10 Å². The molecule has 143 heavy (non-hydrogen) atoms. The van der Waals surface area contributed by atoms with Gasteiger partial charge in [-0.15, -0.1) is 84.2 Å². The third-order valence-corrected chi connectivity index (χ3v) is 20.3. The van der Waals surface area contributed by atoms with Gasteiger partial charge >= 0.3 is 103 Å². The summed E-state index contributed by atoms with van der Waals surface area (Å²) in [5.41, 5.74) is 36.3. The molecule has 0 aliphatic rings. The number of rotatable bonds is 14. The number of hydrazine groups is 1. The number of carbonyl (C=O) groups is 4. The number of hydrogen-bond acceptors (Lipinski definition) is 26. The maximum absolute atomic E-state index is 12.4. The van der Waals surface area contributed by atoms with Crippen LogP contribution < -0.4 is 158 Å². The molecule has 15 aromatic rings. The number of nitro benzene ring substituents is 1. The number of para-hydroxylation sites is 4. The third-order valence-electron chi connectivity index (χ3n) is 17.2. The van der Waals surface area contributed by atoms with E-state index in [1.54, 1.807) is 86.9 Å². The van der Waals surface area contributed by atoms with Gasteiger partial charge in [0.25, 0.3) is 17.2 Å². The number of nitrogens with zero attached hydrogens (tertiary/aromatic N) is 10. The first-order chi connectivity index (χ1) is 66.8. The summed E-state index contributed by atoms with van der Waals surface area (Å²) in [6.07, 6.45) is 3.31. The van der Waals surface area contributed by atoms with E-state index < -0.39 is 15.3 Å². The first kappa shape index (κ1) is 135. The summed E-state index contributed by atoms with van der Waals surface area (Å²) in [6.45, 7) is 20.2. The Morgan fingerprint density at radius 2 is 0.979 bits per heavy atom. The number of fused-ring (bicyclic) bond motifs is 5. The smallest absolute Gasteiger partial charge is 1.00 e. The second kappa shape index (κ2) is 77.7. The fraction of sp³-hybridized carbons (Fsp3) is 0.170. The van der Waals surface area contributed by atoms with Gasteiger partial charge in [0, 0.05) is 55.3 Å². The number of aryl methyl sites for hydroxylation is 6. The predicted molar refractivity (Wildman–Crippen MR) is 588 cm³/mol. The average molecular weight is 2260 g/mol. The van der Waals surface area contributed by atoms with E-state index in [4.69, 9.17) is 163 Å². The summed E-state index contributed by atoms with van der Waals surface area (Å²) in [5, 5.41) is 75.6.